The van der Waals surface area contributed by atoms with Crippen molar-refractivity contribution in [3.63, 3.8) is 0 Å². The second-order valence-corrected chi connectivity index (χ2v) is 18.2. The third kappa shape index (κ3) is 7.01. The minimum atomic E-state index is -0.0372. The number of benzene rings is 8. The number of aryl methyl sites for hydroxylation is 2. The molecule has 316 valence electrons. The van der Waals surface area contributed by atoms with Crippen LogP contribution in [-0.4, -0.2) is 21.8 Å². The molecule has 0 fully saturated rings. The molecule has 1 aliphatic rings. The van der Waals surface area contributed by atoms with Crippen LogP contribution in [0.4, 0.5) is 34.1 Å². The van der Waals surface area contributed by atoms with Crippen molar-refractivity contribution in [2.75, 3.05) is 21.4 Å². The first-order valence-corrected chi connectivity index (χ1v) is 22.6. The van der Waals surface area contributed by atoms with Gasteiger partial charge >= 0.3 is 0 Å². The zero-order chi connectivity index (χ0) is 44.2. The van der Waals surface area contributed by atoms with Crippen molar-refractivity contribution in [1.29, 1.82) is 0 Å². The summed E-state index contributed by atoms with van der Waals surface area (Å²) in [5.41, 5.74) is 18.6. The summed E-state index contributed by atoms with van der Waals surface area (Å²) < 4.78 is 2.35. The summed E-state index contributed by atoms with van der Waals surface area (Å²) in [5, 5.41) is 2.37. The van der Waals surface area contributed by atoms with Gasteiger partial charge in [-0.15, -0.1) is 0 Å². The highest BCUT2D eigenvalue weighted by Crippen LogP contribution is 2.47. The Morgan fingerprint density at radius 2 is 1.09 bits per heavy atom. The number of aromatic nitrogens is 2. The average Bonchev–Trinajstić information content (AvgIpc) is 3.90. The maximum absolute atomic E-state index is 5.17. The standard InChI is InChI=1S/C60H51N5/c1-41-19-16-20-42(2)59(41)64(47-26-17-25-46(38-47)62-40-63(60(3,4)5)55-32-15-14-31-54(55)62)48-33-34-52-51-27-12-13-30-53(51)65(56(52)39-48)57-37-45(35-36-61-57)58-49(43-21-8-6-9-22-43)28-18-29-50(58)44-23-10-7-11-24-44/h6-39H,40H2,1-5H3. The monoisotopic (exact) mass is 841 g/mol. The van der Waals surface area contributed by atoms with Gasteiger partial charge in [-0.1, -0.05) is 140 Å². The number of anilines is 6. The fourth-order valence-corrected chi connectivity index (χ4v) is 10.00. The molecular weight excluding hydrogens is 791 g/mol. The van der Waals surface area contributed by atoms with Crippen LogP contribution in [0, 0.1) is 13.8 Å². The molecule has 5 heteroatoms. The van der Waals surface area contributed by atoms with Gasteiger partial charge in [0.25, 0.3) is 0 Å². The molecule has 0 atom stereocenters. The Morgan fingerprint density at radius 3 is 1.80 bits per heavy atom. The van der Waals surface area contributed by atoms with Gasteiger partial charge in [0, 0.05) is 39.6 Å². The summed E-state index contributed by atoms with van der Waals surface area (Å²) in [4.78, 5) is 12.6. The van der Waals surface area contributed by atoms with Gasteiger partial charge in [0.1, 0.15) is 5.82 Å². The lowest BCUT2D eigenvalue weighted by molar-refractivity contribution is 0.518. The van der Waals surface area contributed by atoms with Crippen LogP contribution >= 0.6 is 0 Å². The highest BCUT2D eigenvalue weighted by atomic mass is 15.4. The Bertz CT molecular complexity index is 3300. The maximum Gasteiger partial charge on any atom is 0.138 e. The first-order valence-electron chi connectivity index (χ1n) is 22.6. The number of hydrogen-bond acceptors (Lipinski definition) is 4. The lowest BCUT2D eigenvalue weighted by atomic mass is 9.88. The molecule has 0 saturated carbocycles. The SMILES string of the molecule is Cc1cccc(C)c1N(c1cccc(N2CN(C(C)(C)C)c3ccccc32)c1)c1ccc2c3ccccc3n(-c3cc(-c4c(-c5ccccc5)cccc4-c4ccccc4)ccn3)c2c1. The van der Waals surface area contributed by atoms with E-state index in [1.165, 1.54) is 66.8 Å². The van der Waals surface area contributed by atoms with Crippen molar-refractivity contribution in [3.8, 4) is 39.2 Å². The average molecular weight is 842 g/mol. The number of pyridine rings is 1. The van der Waals surface area contributed by atoms with E-state index in [4.69, 9.17) is 4.98 Å². The number of nitrogens with zero attached hydrogens (tertiary/aromatic N) is 5. The number of para-hydroxylation sites is 4. The summed E-state index contributed by atoms with van der Waals surface area (Å²) in [5.74, 6) is 0.865. The molecule has 5 nitrogen and oxygen atoms in total. The normalized spacial score (nSPS) is 12.6. The molecule has 0 aliphatic carbocycles. The third-order valence-electron chi connectivity index (χ3n) is 13.0. The summed E-state index contributed by atoms with van der Waals surface area (Å²) in [6.07, 6.45) is 1.97. The number of fused-ring (bicyclic) bond motifs is 4. The number of rotatable bonds is 8. The van der Waals surface area contributed by atoms with Gasteiger partial charge in [-0.25, -0.2) is 4.98 Å². The van der Waals surface area contributed by atoms with E-state index in [0.29, 0.717) is 0 Å². The van der Waals surface area contributed by atoms with Gasteiger partial charge in [0.05, 0.1) is 34.8 Å². The van der Waals surface area contributed by atoms with E-state index in [-0.39, 0.29) is 5.54 Å². The number of hydrogen-bond donors (Lipinski definition) is 0. The van der Waals surface area contributed by atoms with E-state index in [1.807, 2.05) is 6.20 Å². The maximum atomic E-state index is 5.17. The van der Waals surface area contributed by atoms with Crippen molar-refractivity contribution in [2.45, 2.75) is 40.2 Å². The van der Waals surface area contributed by atoms with Crippen LogP contribution < -0.4 is 14.7 Å². The van der Waals surface area contributed by atoms with Crippen LogP contribution in [0.3, 0.4) is 0 Å². The molecule has 0 N–H and O–H groups in total. The zero-order valence-corrected chi connectivity index (χ0v) is 37.6. The van der Waals surface area contributed by atoms with Crippen molar-refractivity contribution in [2.24, 2.45) is 0 Å². The minimum Gasteiger partial charge on any atom is -0.347 e. The van der Waals surface area contributed by atoms with Crippen molar-refractivity contribution < 1.29 is 0 Å². The van der Waals surface area contributed by atoms with Gasteiger partial charge in [0.15, 0.2) is 0 Å². The topological polar surface area (TPSA) is 27.5 Å². The van der Waals surface area contributed by atoms with Crippen molar-refractivity contribution in [3.05, 3.63) is 218 Å². The van der Waals surface area contributed by atoms with E-state index in [1.54, 1.807) is 0 Å². The molecule has 0 saturated heterocycles. The summed E-state index contributed by atoms with van der Waals surface area (Å²) in [7, 11) is 0. The van der Waals surface area contributed by atoms with Crippen LogP contribution in [0.5, 0.6) is 0 Å². The molecule has 10 aromatic rings. The Morgan fingerprint density at radius 1 is 0.492 bits per heavy atom. The Labute approximate surface area is 382 Å². The van der Waals surface area contributed by atoms with E-state index in [9.17, 15) is 0 Å². The molecule has 3 heterocycles. The second-order valence-electron chi connectivity index (χ2n) is 18.2. The highest BCUT2D eigenvalue weighted by molar-refractivity contribution is 6.10. The van der Waals surface area contributed by atoms with Crippen molar-refractivity contribution >= 4 is 55.9 Å². The molecule has 0 amide bonds. The van der Waals surface area contributed by atoms with Crippen LogP contribution in [-0.2, 0) is 0 Å². The Balaban J connectivity index is 1.10. The van der Waals surface area contributed by atoms with E-state index < -0.39 is 0 Å². The third-order valence-corrected chi connectivity index (χ3v) is 13.0. The molecule has 1 aliphatic heterocycles. The molecule has 2 aromatic heterocycles. The van der Waals surface area contributed by atoms with Crippen molar-refractivity contribution in [1.82, 2.24) is 9.55 Å². The predicted octanol–water partition coefficient (Wildman–Crippen LogP) is 16.0. The van der Waals surface area contributed by atoms with Gasteiger partial charge in [-0.3, -0.25) is 4.57 Å². The van der Waals surface area contributed by atoms with Gasteiger partial charge in [0.2, 0.25) is 0 Å². The Hall–Kier alpha value is -7.89. The first-order chi connectivity index (χ1) is 31.7. The summed E-state index contributed by atoms with van der Waals surface area (Å²) in [6, 6.07) is 72.6. The molecular formula is C60H51N5. The molecule has 65 heavy (non-hydrogen) atoms. The van der Waals surface area contributed by atoms with E-state index >= 15 is 0 Å². The van der Waals surface area contributed by atoms with E-state index in [2.05, 4.69) is 254 Å². The van der Waals surface area contributed by atoms with E-state index in [0.717, 1.165) is 46.1 Å². The smallest absolute Gasteiger partial charge is 0.138 e. The molecule has 0 unspecified atom stereocenters. The molecule has 0 bridgehead atoms. The molecule has 0 spiro atoms. The second kappa shape index (κ2) is 16.0. The predicted molar refractivity (Wildman–Crippen MR) is 275 cm³/mol. The van der Waals surface area contributed by atoms with Gasteiger partial charge < -0.3 is 14.7 Å². The summed E-state index contributed by atoms with van der Waals surface area (Å²) in [6.45, 7) is 12.1. The van der Waals surface area contributed by atoms with Crippen LogP contribution in [0.1, 0.15) is 31.9 Å². The molecule has 8 aromatic carbocycles. The fourth-order valence-electron chi connectivity index (χ4n) is 10.00. The van der Waals surface area contributed by atoms with Crippen LogP contribution in [0.25, 0.3) is 61.0 Å². The largest absolute Gasteiger partial charge is 0.347 e. The van der Waals surface area contributed by atoms with Crippen LogP contribution in [0.2, 0.25) is 0 Å². The van der Waals surface area contributed by atoms with Gasteiger partial charge in [-0.05, 0) is 140 Å². The van der Waals surface area contributed by atoms with Crippen LogP contribution in [0.15, 0.2) is 206 Å². The lowest BCUT2D eigenvalue weighted by Gasteiger charge is -2.34. The van der Waals surface area contributed by atoms with Gasteiger partial charge in [-0.2, -0.15) is 0 Å². The quantitative estimate of drug-likeness (QED) is 0.152. The highest BCUT2D eigenvalue weighted by Gasteiger charge is 2.34. The molecule has 0 radical (unpaired) electrons. The zero-order valence-electron chi connectivity index (χ0n) is 37.6. The summed E-state index contributed by atoms with van der Waals surface area (Å²) >= 11 is 0. The lowest BCUT2D eigenvalue weighted by Crippen LogP contribution is -2.42. The minimum absolute atomic E-state index is 0.0372. The Kier molecular flexibility index (Phi) is 9.84. The fraction of sp³-hybridized carbons (Fsp3) is 0.117. The molecule has 11 rings (SSSR count). The first kappa shape index (κ1) is 39.9.